The van der Waals surface area contributed by atoms with Crippen molar-refractivity contribution < 1.29 is 24.5 Å². The van der Waals surface area contributed by atoms with Gasteiger partial charge in [0.25, 0.3) is 0 Å². The highest BCUT2D eigenvalue weighted by molar-refractivity contribution is 5.76. The average molecular weight is 844 g/mol. The number of allylic oxidation sites excluding steroid dienone is 5. The lowest BCUT2D eigenvalue weighted by atomic mass is 10.1. The number of hydrogen-bond acceptors (Lipinski definition) is 5. The molecule has 1 amide bonds. The van der Waals surface area contributed by atoms with E-state index in [1.165, 1.54) is 180 Å². The summed E-state index contributed by atoms with van der Waals surface area (Å²) in [6.07, 6.45) is 60.0. The molecule has 2 atom stereocenters. The second-order valence-electron chi connectivity index (χ2n) is 17.8. The molecule has 2 unspecified atom stereocenters. The molecule has 6 heteroatoms. The molecule has 0 saturated heterocycles. The van der Waals surface area contributed by atoms with Gasteiger partial charge in [-0.25, -0.2) is 0 Å². The summed E-state index contributed by atoms with van der Waals surface area (Å²) in [5.74, 6) is -0.0919. The monoisotopic (exact) mass is 844 g/mol. The summed E-state index contributed by atoms with van der Waals surface area (Å²) in [4.78, 5) is 24.4. The zero-order valence-corrected chi connectivity index (χ0v) is 39.9. The van der Waals surface area contributed by atoms with Crippen molar-refractivity contribution in [2.24, 2.45) is 0 Å². The Morgan fingerprint density at radius 2 is 0.783 bits per heavy atom. The van der Waals surface area contributed by atoms with Crippen LogP contribution in [0.3, 0.4) is 0 Å². The van der Waals surface area contributed by atoms with Crippen LogP contribution in [-0.2, 0) is 14.3 Å². The number of aliphatic hydroxyl groups excluding tert-OH is 2. The van der Waals surface area contributed by atoms with E-state index in [-0.39, 0.29) is 18.5 Å². The van der Waals surface area contributed by atoms with Crippen LogP contribution in [0.1, 0.15) is 271 Å². The number of nitrogens with one attached hydrogen (secondary N) is 1. The zero-order chi connectivity index (χ0) is 43.7. The van der Waals surface area contributed by atoms with Gasteiger partial charge in [-0.15, -0.1) is 0 Å². The van der Waals surface area contributed by atoms with Gasteiger partial charge in [0, 0.05) is 12.8 Å². The Kier molecular flexibility index (Phi) is 48.1. The number of ether oxygens (including phenoxy) is 1. The second kappa shape index (κ2) is 49.7. The van der Waals surface area contributed by atoms with Crippen LogP contribution in [-0.4, -0.2) is 47.4 Å². The fourth-order valence-corrected chi connectivity index (χ4v) is 7.80. The third kappa shape index (κ3) is 45.6. The highest BCUT2D eigenvalue weighted by Gasteiger charge is 2.18. The molecule has 0 aliphatic carbocycles. The minimum atomic E-state index is -0.852. The molecule has 3 N–H and O–H groups in total. The second-order valence-corrected chi connectivity index (χ2v) is 17.8. The maximum Gasteiger partial charge on any atom is 0.305 e. The lowest BCUT2D eigenvalue weighted by molar-refractivity contribution is -0.143. The smallest absolute Gasteiger partial charge is 0.305 e. The highest BCUT2D eigenvalue weighted by atomic mass is 16.5. The first-order chi connectivity index (χ1) is 29.5. The van der Waals surface area contributed by atoms with Crippen molar-refractivity contribution in [3.05, 3.63) is 36.5 Å². The molecule has 0 bridgehead atoms. The molecule has 0 aliphatic rings. The van der Waals surface area contributed by atoms with E-state index in [1.807, 2.05) is 6.08 Å². The summed E-state index contributed by atoms with van der Waals surface area (Å²) in [6, 6.07) is -0.637. The van der Waals surface area contributed by atoms with Gasteiger partial charge in [-0.2, -0.15) is 0 Å². The van der Waals surface area contributed by atoms with Crippen LogP contribution in [0.2, 0.25) is 0 Å². The van der Waals surface area contributed by atoms with Crippen molar-refractivity contribution in [3.63, 3.8) is 0 Å². The van der Waals surface area contributed by atoms with E-state index in [1.54, 1.807) is 6.08 Å². The van der Waals surface area contributed by atoms with Gasteiger partial charge < -0.3 is 20.3 Å². The lowest BCUT2D eigenvalue weighted by Gasteiger charge is -2.20. The molecule has 6 nitrogen and oxygen atoms in total. The van der Waals surface area contributed by atoms with Crippen LogP contribution >= 0.6 is 0 Å². The zero-order valence-electron chi connectivity index (χ0n) is 39.9. The summed E-state index contributed by atoms with van der Waals surface area (Å²) >= 11 is 0. The van der Waals surface area contributed by atoms with E-state index in [9.17, 15) is 19.8 Å². The molecule has 0 rings (SSSR count). The fourth-order valence-electron chi connectivity index (χ4n) is 7.80. The van der Waals surface area contributed by atoms with Gasteiger partial charge >= 0.3 is 5.97 Å². The summed E-state index contributed by atoms with van der Waals surface area (Å²) in [5, 5.41) is 23.0. The molecular formula is C54H101NO5. The van der Waals surface area contributed by atoms with E-state index in [4.69, 9.17) is 4.74 Å². The predicted octanol–water partition coefficient (Wildman–Crippen LogP) is 15.7. The topological polar surface area (TPSA) is 95.9 Å². The molecule has 0 aromatic heterocycles. The molecule has 0 heterocycles. The van der Waals surface area contributed by atoms with Gasteiger partial charge in [-0.1, -0.05) is 211 Å². The van der Waals surface area contributed by atoms with Crippen molar-refractivity contribution in [2.45, 2.75) is 283 Å². The maximum atomic E-state index is 12.4. The van der Waals surface area contributed by atoms with Crippen LogP contribution in [0.25, 0.3) is 0 Å². The SMILES string of the molecule is CCCCCC/C=C\CCCCCCCC(=O)OCCCCCCCCCCC/C=C\CCCCCCCC(=O)NC(CO)C(O)/C=C/CCCCCCCCCCCC. The number of unbranched alkanes of at least 4 members (excludes halogenated alkanes) is 33. The predicted molar refractivity (Wildman–Crippen MR) is 259 cm³/mol. The Balaban J connectivity index is 3.48. The Morgan fingerprint density at radius 1 is 0.450 bits per heavy atom. The number of carbonyl (C=O) groups is 2. The van der Waals surface area contributed by atoms with Gasteiger partial charge in [0.05, 0.1) is 25.4 Å². The van der Waals surface area contributed by atoms with Gasteiger partial charge in [0.2, 0.25) is 5.91 Å². The Labute approximate surface area is 373 Å². The molecule has 0 fully saturated rings. The third-order valence-corrected chi connectivity index (χ3v) is 11.9. The summed E-state index contributed by atoms with van der Waals surface area (Å²) in [5.41, 5.74) is 0. The molecule has 0 aliphatic heterocycles. The van der Waals surface area contributed by atoms with Crippen molar-refractivity contribution in [1.29, 1.82) is 0 Å². The van der Waals surface area contributed by atoms with E-state index in [2.05, 4.69) is 43.5 Å². The number of esters is 1. The van der Waals surface area contributed by atoms with E-state index >= 15 is 0 Å². The number of rotatable bonds is 48. The fraction of sp³-hybridized carbons (Fsp3) is 0.852. The molecule has 0 spiro atoms. The van der Waals surface area contributed by atoms with Crippen molar-refractivity contribution in [1.82, 2.24) is 5.32 Å². The quantitative estimate of drug-likeness (QED) is 0.0322. The maximum absolute atomic E-state index is 12.4. The minimum absolute atomic E-state index is 0.00788. The van der Waals surface area contributed by atoms with Crippen molar-refractivity contribution in [3.8, 4) is 0 Å². The van der Waals surface area contributed by atoms with Gasteiger partial charge in [0.1, 0.15) is 0 Å². The highest BCUT2D eigenvalue weighted by Crippen LogP contribution is 2.15. The molecule has 352 valence electrons. The van der Waals surface area contributed by atoms with Crippen LogP contribution in [0.15, 0.2) is 36.5 Å². The molecule has 60 heavy (non-hydrogen) atoms. The molecule has 0 aromatic rings. The van der Waals surface area contributed by atoms with Crippen molar-refractivity contribution >= 4 is 11.9 Å². The molecule has 0 radical (unpaired) electrons. The van der Waals surface area contributed by atoms with Crippen LogP contribution in [0, 0.1) is 0 Å². The van der Waals surface area contributed by atoms with E-state index in [0.717, 1.165) is 64.2 Å². The number of aliphatic hydroxyl groups is 2. The average Bonchev–Trinajstić information content (AvgIpc) is 3.25. The minimum Gasteiger partial charge on any atom is -0.466 e. The van der Waals surface area contributed by atoms with Crippen LogP contribution in [0.4, 0.5) is 0 Å². The molecule has 0 saturated carbocycles. The number of carbonyl (C=O) groups excluding carboxylic acids is 2. The van der Waals surface area contributed by atoms with Crippen LogP contribution in [0.5, 0.6) is 0 Å². The first kappa shape index (κ1) is 58.1. The summed E-state index contributed by atoms with van der Waals surface area (Å²) < 4.78 is 5.45. The normalized spacial score (nSPS) is 12.9. The van der Waals surface area contributed by atoms with E-state index in [0.29, 0.717) is 19.4 Å². The van der Waals surface area contributed by atoms with E-state index < -0.39 is 12.1 Å². The Morgan fingerprint density at radius 3 is 1.20 bits per heavy atom. The molecule has 0 aromatic carbocycles. The standard InChI is InChI=1S/C54H101NO5/c1-3-5-7-9-11-13-15-23-28-32-36-40-44-48-54(59)60-49-45-41-37-33-29-25-22-20-18-17-19-21-24-27-31-35-39-43-47-53(58)55-51(50-56)52(57)46-42-38-34-30-26-16-14-12-10-8-6-4-2/h13,15,19,21,42,46,51-52,56-57H,3-12,14,16-18,20,22-41,43-45,47-50H2,1-2H3,(H,55,58)/b15-13-,21-19-,46-42+. The molecular weight excluding hydrogens is 743 g/mol. The van der Waals surface area contributed by atoms with Gasteiger partial charge in [-0.3, -0.25) is 9.59 Å². The Bertz CT molecular complexity index is 977. The van der Waals surface area contributed by atoms with Crippen LogP contribution < -0.4 is 5.32 Å². The summed E-state index contributed by atoms with van der Waals surface area (Å²) in [6.45, 7) is 4.85. The number of amides is 1. The first-order valence-electron chi connectivity index (χ1n) is 26.3. The Hall–Kier alpha value is -1.92. The summed E-state index contributed by atoms with van der Waals surface area (Å²) in [7, 11) is 0. The largest absolute Gasteiger partial charge is 0.466 e. The van der Waals surface area contributed by atoms with Gasteiger partial charge in [0.15, 0.2) is 0 Å². The van der Waals surface area contributed by atoms with Gasteiger partial charge in [-0.05, 0) is 83.5 Å². The first-order valence-corrected chi connectivity index (χ1v) is 26.3. The third-order valence-electron chi connectivity index (χ3n) is 11.9. The number of hydrogen-bond donors (Lipinski definition) is 3. The lowest BCUT2D eigenvalue weighted by Crippen LogP contribution is -2.45. The van der Waals surface area contributed by atoms with Crippen molar-refractivity contribution in [2.75, 3.05) is 13.2 Å².